The molecule has 0 saturated carbocycles. The SMILES string of the molecule is COc1cc2c3cc1OCCCCOc1cc4c(cc1OC)Cc1cc5c(OC)cc1Cc1cc(c(OC)cc1C4)OCCOc1cc(c(cc1OC)C3)Cc1cc(OC)c(cc1C2)OCCO5. The first-order valence-electron chi connectivity index (χ1n) is 23.3. The lowest BCUT2D eigenvalue weighted by atomic mass is 9.94. The zero-order valence-corrected chi connectivity index (χ0v) is 39.7. The molecule has 354 valence electrons. The van der Waals surface area contributed by atoms with E-state index in [4.69, 9.17) is 56.8 Å². The summed E-state index contributed by atoms with van der Waals surface area (Å²) in [5.74, 6) is 7.76. The Morgan fingerprint density at radius 3 is 0.574 bits per heavy atom. The lowest BCUT2D eigenvalue weighted by Crippen LogP contribution is -2.12. The minimum atomic E-state index is 0.255. The van der Waals surface area contributed by atoms with E-state index in [1.165, 1.54) is 0 Å². The van der Waals surface area contributed by atoms with E-state index in [1.807, 2.05) is 0 Å². The minimum Gasteiger partial charge on any atom is -0.493 e. The van der Waals surface area contributed by atoms with Crippen LogP contribution in [0.5, 0.6) is 69.0 Å². The van der Waals surface area contributed by atoms with Crippen molar-refractivity contribution >= 4 is 0 Å². The Morgan fingerprint density at radius 2 is 0.397 bits per heavy atom. The molecular formula is C56H58O12. The summed E-state index contributed by atoms with van der Waals surface area (Å²) in [7, 11) is 10.1. The average molecular weight is 923 g/mol. The molecule has 68 heavy (non-hydrogen) atoms. The second-order valence-electron chi connectivity index (χ2n) is 17.5. The maximum atomic E-state index is 6.56. The smallest absolute Gasteiger partial charge is 0.161 e. The molecule has 18 rings (SSSR count). The highest BCUT2D eigenvalue weighted by atomic mass is 16.6. The lowest BCUT2D eigenvalue weighted by molar-refractivity contribution is 0.205. The van der Waals surface area contributed by atoms with Crippen molar-refractivity contribution in [3.05, 3.63) is 140 Å². The molecule has 0 radical (unpaired) electrons. The molecule has 0 unspecified atom stereocenters. The molecule has 0 aromatic heterocycles. The third-order valence-electron chi connectivity index (χ3n) is 13.5. The zero-order chi connectivity index (χ0) is 46.7. The quantitative estimate of drug-likeness (QED) is 0.158. The van der Waals surface area contributed by atoms with Gasteiger partial charge in [-0.15, -0.1) is 0 Å². The highest BCUT2D eigenvalue weighted by Gasteiger charge is 2.26. The second-order valence-corrected chi connectivity index (χ2v) is 17.5. The molecule has 10 heterocycles. The molecule has 0 saturated heterocycles. The van der Waals surface area contributed by atoms with Gasteiger partial charge in [0, 0.05) is 0 Å². The molecule has 18 bridgehead atoms. The first-order chi connectivity index (χ1) is 33.3. The molecule has 12 heteroatoms. The molecule has 2 aliphatic carbocycles. The Kier molecular flexibility index (Phi) is 12.9. The fraction of sp³-hybridized carbons (Fsp3) is 0.357. The third kappa shape index (κ3) is 9.03. The van der Waals surface area contributed by atoms with Crippen LogP contribution >= 0.6 is 0 Å². The Morgan fingerprint density at radius 1 is 0.235 bits per heavy atom. The van der Waals surface area contributed by atoms with Gasteiger partial charge in [0.25, 0.3) is 0 Å². The van der Waals surface area contributed by atoms with Crippen LogP contribution in [0.15, 0.2) is 72.8 Å². The number of hydrogen-bond acceptors (Lipinski definition) is 12. The highest BCUT2D eigenvalue weighted by Crippen LogP contribution is 2.44. The van der Waals surface area contributed by atoms with Gasteiger partial charge in [-0.2, -0.15) is 0 Å². The molecular weight excluding hydrogens is 865 g/mol. The van der Waals surface area contributed by atoms with Gasteiger partial charge in [0.2, 0.25) is 0 Å². The van der Waals surface area contributed by atoms with Crippen LogP contribution in [-0.2, 0) is 38.5 Å². The number of ether oxygens (including phenoxy) is 12. The van der Waals surface area contributed by atoms with E-state index in [-0.39, 0.29) is 26.4 Å². The van der Waals surface area contributed by atoms with Crippen molar-refractivity contribution in [3.63, 3.8) is 0 Å². The van der Waals surface area contributed by atoms with Crippen molar-refractivity contribution < 1.29 is 56.8 Å². The summed E-state index contributed by atoms with van der Waals surface area (Å²) in [5.41, 5.74) is 13.2. The van der Waals surface area contributed by atoms with E-state index >= 15 is 0 Å². The molecule has 0 fully saturated rings. The maximum Gasteiger partial charge on any atom is 0.161 e. The summed E-state index contributed by atoms with van der Waals surface area (Å²) in [6.45, 7) is 1.98. The van der Waals surface area contributed by atoms with E-state index in [2.05, 4.69) is 72.8 Å². The third-order valence-corrected chi connectivity index (χ3v) is 13.5. The van der Waals surface area contributed by atoms with Gasteiger partial charge in [0.05, 0.1) is 55.9 Å². The van der Waals surface area contributed by atoms with Gasteiger partial charge >= 0.3 is 0 Å². The van der Waals surface area contributed by atoms with Crippen LogP contribution in [0, 0.1) is 0 Å². The van der Waals surface area contributed by atoms with Crippen LogP contribution < -0.4 is 56.8 Å². The fourth-order valence-electron chi connectivity index (χ4n) is 9.88. The van der Waals surface area contributed by atoms with Crippen LogP contribution in [0.2, 0.25) is 0 Å². The van der Waals surface area contributed by atoms with E-state index in [1.54, 1.807) is 42.7 Å². The van der Waals surface area contributed by atoms with Crippen LogP contribution in [0.1, 0.15) is 79.6 Å². The molecule has 0 amide bonds. The van der Waals surface area contributed by atoms with Gasteiger partial charge in [0.15, 0.2) is 69.0 Å². The summed E-state index contributed by atoms with van der Waals surface area (Å²) in [4.78, 5) is 0. The molecule has 12 aliphatic rings. The minimum absolute atomic E-state index is 0.255. The van der Waals surface area contributed by atoms with Crippen molar-refractivity contribution in [3.8, 4) is 69.0 Å². The standard InChI is InChI=1S/C56H58O12/c1-57-45-21-33-17-41-29-53-49(61-5)25-37(41)19-43-31-55-47(59-3)23-35(43)15-39(33)27-51(45)63-9-7-8-10-64-52-28-40-16-36-24-48(60-4)56(68-14-13-67-55)32-44(36)20-38-26-50(62-6)54(66-12-11-65-53)30-42(38)18-34(40)22-46(52)58-2/h21-32H,7-20H2,1-6H3. The number of methoxy groups -OCH3 is 6. The predicted molar refractivity (Wildman–Crippen MR) is 257 cm³/mol. The van der Waals surface area contributed by atoms with Gasteiger partial charge in [-0.25, -0.2) is 0 Å². The number of hydrogen-bond donors (Lipinski definition) is 0. The van der Waals surface area contributed by atoms with Gasteiger partial charge < -0.3 is 56.8 Å². The van der Waals surface area contributed by atoms with E-state index in [0.29, 0.717) is 121 Å². The highest BCUT2D eigenvalue weighted by molar-refractivity contribution is 5.60. The van der Waals surface area contributed by atoms with E-state index in [9.17, 15) is 0 Å². The van der Waals surface area contributed by atoms with Crippen LogP contribution in [-0.4, -0.2) is 82.3 Å². The largest absolute Gasteiger partial charge is 0.493 e. The van der Waals surface area contributed by atoms with Crippen LogP contribution in [0.25, 0.3) is 0 Å². The van der Waals surface area contributed by atoms with Crippen molar-refractivity contribution in [1.82, 2.24) is 0 Å². The first kappa shape index (κ1) is 44.7. The van der Waals surface area contributed by atoms with Crippen LogP contribution in [0.3, 0.4) is 0 Å². The molecule has 6 aromatic rings. The Labute approximate surface area is 397 Å². The van der Waals surface area contributed by atoms with Crippen LogP contribution in [0.4, 0.5) is 0 Å². The van der Waals surface area contributed by atoms with Gasteiger partial charge in [-0.3, -0.25) is 0 Å². The molecule has 12 nitrogen and oxygen atoms in total. The summed E-state index contributed by atoms with van der Waals surface area (Å²) >= 11 is 0. The maximum absolute atomic E-state index is 6.56. The zero-order valence-electron chi connectivity index (χ0n) is 39.7. The molecule has 0 N–H and O–H groups in total. The van der Waals surface area contributed by atoms with E-state index < -0.39 is 0 Å². The Bertz CT molecular complexity index is 2650. The molecule has 0 atom stereocenters. The fourth-order valence-corrected chi connectivity index (χ4v) is 9.88. The Balaban J connectivity index is 1.17. The monoisotopic (exact) mass is 922 g/mol. The second kappa shape index (κ2) is 19.6. The van der Waals surface area contributed by atoms with Crippen molar-refractivity contribution in [2.75, 3.05) is 82.3 Å². The average Bonchev–Trinajstić information content (AvgIpc) is 3.45. The van der Waals surface area contributed by atoms with Gasteiger partial charge in [-0.1, -0.05) is 0 Å². The molecule has 6 aromatic carbocycles. The predicted octanol–water partition coefficient (Wildman–Crippen LogP) is 9.69. The Hall–Kier alpha value is -7.08. The normalized spacial score (nSPS) is 15.1. The number of benzene rings is 6. The molecule has 0 spiro atoms. The number of rotatable bonds is 6. The number of fused-ring (bicyclic) bond motifs is 3. The van der Waals surface area contributed by atoms with Crippen molar-refractivity contribution in [2.24, 2.45) is 0 Å². The summed E-state index contributed by atoms with van der Waals surface area (Å²) in [6.07, 6.45) is 5.22. The molecule has 10 aliphatic heterocycles. The summed E-state index contributed by atoms with van der Waals surface area (Å²) in [6, 6.07) is 25.3. The topological polar surface area (TPSA) is 111 Å². The van der Waals surface area contributed by atoms with Crippen molar-refractivity contribution in [2.45, 2.75) is 51.4 Å². The van der Waals surface area contributed by atoms with E-state index in [0.717, 1.165) is 79.6 Å². The summed E-state index contributed by atoms with van der Waals surface area (Å²) in [5, 5.41) is 0. The lowest BCUT2D eigenvalue weighted by Gasteiger charge is -2.20. The first-order valence-corrected chi connectivity index (χ1v) is 23.3. The van der Waals surface area contributed by atoms with Gasteiger partial charge in [-0.05, 0) is 191 Å². The summed E-state index contributed by atoms with van der Waals surface area (Å²) < 4.78 is 75.5. The van der Waals surface area contributed by atoms with Crippen molar-refractivity contribution in [1.29, 1.82) is 0 Å². The van der Waals surface area contributed by atoms with Gasteiger partial charge in [0.1, 0.15) is 26.4 Å².